The smallest absolute Gasteiger partial charge is 0.257 e. The van der Waals surface area contributed by atoms with Gasteiger partial charge in [-0.25, -0.2) is 13.6 Å². The highest BCUT2D eigenvalue weighted by Crippen LogP contribution is 2.18. The fraction of sp³-hybridized carbons (Fsp3) is 0.600. The van der Waals surface area contributed by atoms with Crippen molar-refractivity contribution in [3.05, 3.63) is 12.3 Å². The third kappa shape index (κ3) is 3.31. The van der Waals surface area contributed by atoms with Crippen LogP contribution in [0.5, 0.6) is 0 Å². The summed E-state index contributed by atoms with van der Waals surface area (Å²) in [6.07, 6.45) is 1.38. The molecular weight excluding hydrogens is 272 g/mol. The van der Waals surface area contributed by atoms with Gasteiger partial charge in [0.15, 0.2) is 5.03 Å². The molecule has 1 aromatic rings. The molecule has 0 bridgehead atoms. The molecular formula is C10H18N4O4S. The third-order valence-electron chi connectivity index (χ3n) is 2.73. The molecule has 0 atom stereocenters. The number of aliphatic hydroxyl groups is 1. The predicted molar refractivity (Wildman–Crippen MR) is 67.6 cm³/mol. The highest BCUT2D eigenvalue weighted by atomic mass is 32.2. The molecule has 1 rings (SSSR count). The number of sulfonamides is 1. The van der Waals surface area contributed by atoms with Crippen molar-refractivity contribution in [2.75, 3.05) is 20.2 Å². The van der Waals surface area contributed by atoms with Gasteiger partial charge >= 0.3 is 0 Å². The van der Waals surface area contributed by atoms with Crippen LogP contribution in [-0.2, 0) is 20.4 Å². The van der Waals surface area contributed by atoms with Gasteiger partial charge in [0.05, 0.1) is 6.61 Å². The maximum absolute atomic E-state index is 12.2. The maximum atomic E-state index is 12.2. The summed E-state index contributed by atoms with van der Waals surface area (Å²) in [4.78, 5) is 13.5. The average Bonchev–Trinajstić information content (AvgIpc) is 2.77. The van der Waals surface area contributed by atoms with E-state index in [0.29, 0.717) is 0 Å². The van der Waals surface area contributed by atoms with Crippen LogP contribution in [0.25, 0.3) is 0 Å². The van der Waals surface area contributed by atoms with Gasteiger partial charge in [-0.3, -0.25) is 9.48 Å². The topological polar surface area (TPSA) is 119 Å². The van der Waals surface area contributed by atoms with Crippen LogP contribution < -0.4 is 5.14 Å². The molecule has 1 amide bonds. The number of nitrogens with zero attached hydrogens (tertiary/aromatic N) is 3. The molecule has 9 heteroatoms. The van der Waals surface area contributed by atoms with Gasteiger partial charge in [-0.2, -0.15) is 5.10 Å². The van der Waals surface area contributed by atoms with Crippen molar-refractivity contribution in [2.24, 2.45) is 5.14 Å². The van der Waals surface area contributed by atoms with Crippen LogP contribution in [0.1, 0.15) is 13.8 Å². The summed E-state index contributed by atoms with van der Waals surface area (Å²) in [6.45, 7) is 3.23. The molecule has 0 saturated carbocycles. The Morgan fingerprint density at radius 1 is 1.58 bits per heavy atom. The van der Waals surface area contributed by atoms with E-state index in [9.17, 15) is 13.2 Å². The van der Waals surface area contributed by atoms with Gasteiger partial charge in [-0.15, -0.1) is 0 Å². The van der Waals surface area contributed by atoms with Crippen molar-refractivity contribution in [1.29, 1.82) is 0 Å². The van der Waals surface area contributed by atoms with E-state index in [1.807, 2.05) is 0 Å². The highest BCUT2D eigenvalue weighted by Gasteiger charge is 2.33. The molecule has 0 spiro atoms. The van der Waals surface area contributed by atoms with Crippen molar-refractivity contribution in [1.82, 2.24) is 14.7 Å². The van der Waals surface area contributed by atoms with Crippen LogP contribution in [0.2, 0.25) is 0 Å². The quantitative estimate of drug-likeness (QED) is 0.700. The number of primary sulfonamides is 1. The summed E-state index contributed by atoms with van der Waals surface area (Å²) in [6, 6.07) is 1.23. The van der Waals surface area contributed by atoms with E-state index < -0.39 is 15.6 Å². The van der Waals surface area contributed by atoms with Gasteiger partial charge in [0.1, 0.15) is 5.54 Å². The van der Waals surface area contributed by atoms with Crippen LogP contribution in [0.3, 0.4) is 0 Å². The first-order chi connectivity index (χ1) is 8.60. The van der Waals surface area contributed by atoms with E-state index in [0.717, 1.165) is 0 Å². The third-order valence-corrected chi connectivity index (χ3v) is 3.54. The average molecular weight is 290 g/mol. The largest absolute Gasteiger partial charge is 0.395 e. The zero-order valence-electron chi connectivity index (χ0n) is 11.1. The second-order valence-electron chi connectivity index (χ2n) is 4.65. The van der Waals surface area contributed by atoms with Gasteiger partial charge in [0, 0.05) is 19.8 Å². The van der Waals surface area contributed by atoms with Crippen LogP contribution in [0.4, 0.5) is 0 Å². The normalized spacial score (nSPS) is 12.5. The van der Waals surface area contributed by atoms with Gasteiger partial charge in [-0.1, -0.05) is 0 Å². The number of nitrogens with two attached hydrogens (primary N) is 1. The summed E-state index contributed by atoms with van der Waals surface area (Å²) in [5, 5.41) is 17.3. The Labute approximate surface area is 111 Å². The van der Waals surface area contributed by atoms with Crippen molar-refractivity contribution >= 4 is 15.9 Å². The molecule has 1 heterocycles. The minimum atomic E-state index is -3.90. The number of carbonyl (C=O) groups excluding carboxylic acids is 1. The minimum absolute atomic E-state index is 0.153. The second kappa shape index (κ2) is 5.27. The van der Waals surface area contributed by atoms with Gasteiger partial charge in [0.25, 0.3) is 10.0 Å². The molecule has 0 saturated heterocycles. The first-order valence-electron chi connectivity index (χ1n) is 5.56. The number of aromatic nitrogens is 2. The molecule has 0 unspecified atom stereocenters. The van der Waals surface area contributed by atoms with Crippen molar-refractivity contribution in [3.8, 4) is 0 Å². The summed E-state index contributed by atoms with van der Waals surface area (Å²) in [7, 11) is -2.35. The first kappa shape index (κ1) is 15.6. The SMILES string of the molecule is CN(CCO)C(=O)C(C)(C)n1ccc(S(N)(=O)=O)n1. The Hall–Kier alpha value is -1.45. The molecule has 108 valence electrons. The van der Waals surface area contributed by atoms with Crippen LogP contribution in [0.15, 0.2) is 17.3 Å². The number of rotatable bonds is 5. The lowest BCUT2D eigenvalue weighted by molar-refractivity contribution is -0.138. The summed E-state index contributed by atoms with van der Waals surface area (Å²) in [5.41, 5.74) is -1.08. The summed E-state index contributed by atoms with van der Waals surface area (Å²) in [5.74, 6) is -0.300. The molecule has 19 heavy (non-hydrogen) atoms. The van der Waals surface area contributed by atoms with Gasteiger partial charge in [-0.05, 0) is 19.9 Å². The molecule has 0 fully saturated rings. The van der Waals surface area contributed by atoms with E-state index in [1.165, 1.54) is 21.8 Å². The van der Waals surface area contributed by atoms with E-state index in [1.54, 1.807) is 20.9 Å². The Bertz CT molecular complexity index is 564. The number of amides is 1. The number of carbonyl (C=O) groups is 1. The number of hydrogen-bond acceptors (Lipinski definition) is 5. The van der Waals surface area contributed by atoms with E-state index in [4.69, 9.17) is 10.2 Å². The summed E-state index contributed by atoms with van der Waals surface area (Å²) < 4.78 is 23.5. The van der Waals surface area contributed by atoms with Crippen LogP contribution in [-0.4, -0.2) is 54.3 Å². The van der Waals surface area contributed by atoms with Crippen LogP contribution in [0, 0.1) is 0 Å². The Morgan fingerprint density at radius 2 is 2.16 bits per heavy atom. The van der Waals surface area contributed by atoms with E-state index in [-0.39, 0.29) is 24.1 Å². The van der Waals surface area contributed by atoms with Crippen LogP contribution >= 0.6 is 0 Å². The minimum Gasteiger partial charge on any atom is -0.395 e. The number of hydrogen-bond donors (Lipinski definition) is 2. The lowest BCUT2D eigenvalue weighted by Gasteiger charge is -2.29. The zero-order chi connectivity index (χ0) is 14.8. The highest BCUT2D eigenvalue weighted by molar-refractivity contribution is 7.89. The molecule has 0 aromatic carbocycles. The monoisotopic (exact) mass is 290 g/mol. The first-order valence-corrected chi connectivity index (χ1v) is 7.10. The molecule has 1 aromatic heterocycles. The number of aliphatic hydroxyl groups excluding tert-OH is 1. The van der Waals surface area contributed by atoms with Crippen molar-refractivity contribution in [2.45, 2.75) is 24.4 Å². The molecule has 3 N–H and O–H groups in total. The fourth-order valence-electron chi connectivity index (χ4n) is 1.59. The van der Waals surface area contributed by atoms with Gasteiger partial charge < -0.3 is 10.0 Å². The Kier molecular flexibility index (Phi) is 4.33. The lowest BCUT2D eigenvalue weighted by atomic mass is 10.0. The Morgan fingerprint density at radius 3 is 2.58 bits per heavy atom. The maximum Gasteiger partial charge on any atom is 0.257 e. The van der Waals surface area contributed by atoms with E-state index >= 15 is 0 Å². The Balaban J connectivity index is 3.07. The summed E-state index contributed by atoms with van der Waals surface area (Å²) >= 11 is 0. The molecule has 8 nitrogen and oxygen atoms in total. The number of likely N-dealkylation sites (N-methyl/N-ethyl adjacent to an activating group) is 1. The lowest BCUT2D eigenvalue weighted by Crippen LogP contribution is -2.46. The second-order valence-corrected chi connectivity index (χ2v) is 6.16. The standard InChI is InChI=1S/C10H18N4O4S/c1-10(2,9(16)13(3)6-7-15)14-5-4-8(12-14)19(11,17)18/h4-5,15H,6-7H2,1-3H3,(H2,11,17,18). The van der Waals surface area contributed by atoms with Crippen molar-refractivity contribution in [3.63, 3.8) is 0 Å². The molecule has 0 aliphatic carbocycles. The fourth-order valence-corrected chi connectivity index (χ4v) is 2.04. The van der Waals surface area contributed by atoms with E-state index in [2.05, 4.69) is 5.10 Å². The molecule has 0 aliphatic rings. The molecule has 0 radical (unpaired) electrons. The predicted octanol–water partition coefficient (Wildman–Crippen LogP) is -1.28. The zero-order valence-corrected chi connectivity index (χ0v) is 11.9. The van der Waals surface area contributed by atoms with Gasteiger partial charge in [0.2, 0.25) is 5.91 Å². The van der Waals surface area contributed by atoms with Crippen molar-refractivity contribution < 1.29 is 18.3 Å². The molecule has 0 aliphatic heterocycles.